The molecule has 1 atom stereocenters. The summed E-state index contributed by atoms with van der Waals surface area (Å²) in [5, 5.41) is 23.0. The topological polar surface area (TPSA) is 95.4 Å². The summed E-state index contributed by atoms with van der Waals surface area (Å²) in [4.78, 5) is 1.98. The highest BCUT2D eigenvalue weighted by Gasteiger charge is 2.26. The van der Waals surface area contributed by atoms with E-state index in [2.05, 4.69) is 21.4 Å². The Bertz CT molecular complexity index is 1120. The number of likely N-dealkylation sites (tertiary alicyclic amines) is 1. The first-order valence-corrected chi connectivity index (χ1v) is 12.7. The highest BCUT2D eigenvalue weighted by molar-refractivity contribution is 7.90. The lowest BCUT2D eigenvalue weighted by molar-refractivity contribution is 0.246. The van der Waals surface area contributed by atoms with Gasteiger partial charge in [0.25, 0.3) is 0 Å². The third-order valence-corrected chi connectivity index (χ3v) is 6.81. The van der Waals surface area contributed by atoms with E-state index < -0.39 is 9.84 Å². The van der Waals surface area contributed by atoms with E-state index in [0.29, 0.717) is 23.4 Å². The van der Waals surface area contributed by atoms with Gasteiger partial charge in [0.2, 0.25) is 0 Å². The Kier molecular flexibility index (Phi) is 6.17. The molecule has 1 aromatic heterocycles. The first kappa shape index (κ1) is 21.6. The Morgan fingerprint density at radius 1 is 1.23 bits per heavy atom. The number of phenols is 1. The number of anilines is 1. The molecule has 1 saturated heterocycles. The Hall–Kier alpha value is -2.63. The Balaban J connectivity index is 1.61. The number of nitrogens with one attached hydrogen (secondary N) is 1. The van der Waals surface area contributed by atoms with Crippen LogP contribution < -0.4 is 5.32 Å². The van der Waals surface area contributed by atoms with Gasteiger partial charge in [-0.15, -0.1) is 16.6 Å². The Labute approximate surface area is 183 Å². The van der Waals surface area contributed by atoms with Gasteiger partial charge in [0.05, 0.1) is 0 Å². The molecule has 0 unspecified atom stereocenters. The van der Waals surface area contributed by atoms with E-state index in [9.17, 15) is 13.5 Å². The number of piperidine rings is 1. The van der Waals surface area contributed by atoms with Gasteiger partial charge in [-0.25, -0.2) is 8.42 Å². The number of phenolic OH excluding ortho intramolecular Hbond substituents is 1. The summed E-state index contributed by atoms with van der Waals surface area (Å²) in [6.07, 6.45) is 12.6. The minimum Gasteiger partial charge on any atom is -0.507 e. The molecule has 0 bridgehead atoms. The van der Waals surface area contributed by atoms with Gasteiger partial charge in [-0.05, 0) is 68.8 Å². The zero-order valence-electron chi connectivity index (χ0n) is 17.8. The van der Waals surface area contributed by atoms with Gasteiger partial charge >= 0.3 is 0 Å². The SMILES string of the molecule is C#Cc1ccc(-c2nnc(N[C@@H]3CCCN(CS(C)(=O)=O)C3)c3c2CCCC3)c(O)c1. The highest BCUT2D eigenvalue weighted by Crippen LogP contribution is 2.37. The van der Waals surface area contributed by atoms with E-state index in [0.717, 1.165) is 62.0 Å². The first-order valence-electron chi connectivity index (χ1n) is 10.7. The second-order valence-corrected chi connectivity index (χ2v) is 10.7. The normalized spacial score (nSPS) is 19.4. The van der Waals surface area contributed by atoms with Gasteiger partial charge in [-0.1, -0.05) is 5.92 Å². The molecule has 0 spiro atoms. The zero-order chi connectivity index (χ0) is 22.0. The summed E-state index contributed by atoms with van der Waals surface area (Å²) < 4.78 is 23.4. The van der Waals surface area contributed by atoms with Crippen LogP contribution in [0.3, 0.4) is 0 Å². The van der Waals surface area contributed by atoms with Crippen molar-refractivity contribution in [1.29, 1.82) is 0 Å². The monoisotopic (exact) mass is 440 g/mol. The van der Waals surface area contributed by atoms with Crippen LogP contribution in [0.15, 0.2) is 18.2 Å². The summed E-state index contributed by atoms with van der Waals surface area (Å²) in [5.74, 6) is 3.51. The third kappa shape index (κ3) is 5.00. The van der Waals surface area contributed by atoms with Crippen molar-refractivity contribution in [1.82, 2.24) is 15.1 Å². The van der Waals surface area contributed by atoms with Crippen molar-refractivity contribution < 1.29 is 13.5 Å². The number of aromatic hydroxyl groups is 1. The van der Waals surface area contributed by atoms with Crippen LogP contribution in [0.5, 0.6) is 5.75 Å². The number of sulfone groups is 1. The number of hydrogen-bond acceptors (Lipinski definition) is 7. The fourth-order valence-electron chi connectivity index (χ4n) is 4.62. The Morgan fingerprint density at radius 2 is 2.00 bits per heavy atom. The van der Waals surface area contributed by atoms with E-state index >= 15 is 0 Å². The number of hydrogen-bond donors (Lipinski definition) is 2. The van der Waals surface area contributed by atoms with Gasteiger partial charge < -0.3 is 10.4 Å². The minimum absolute atomic E-state index is 0.0842. The van der Waals surface area contributed by atoms with Crippen LogP contribution in [0.1, 0.15) is 42.4 Å². The van der Waals surface area contributed by atoms with Gasteiger partial charge in [0.1, 0.15) is 17.3 Å². The first-order chi connectivity index (χ1) is 14.8. The molecule has 7 nitrogen and oxygen atoms in total. The second kappa shape index (κ2) is 8.85. The molecule has 1 fully saturated rings. The van der Waals surface area contributed by atoms with Crippen LogP contribution in [0.25, 0.3) is 11.3 Å². The lowest BCUT2D eigenvalue weighted by atomic mass is 9.88. The average Bonchev–Trinajstić information content (AvgIpc) is 2.73. The number of aromatic nitrogens is 2. The molecule has 31 heavy (non-hydrogen) atoms. The molecule has 2 aromatic rings. The van der Waals surface area contributed by atoms with Crippen LogP contribution >= 0.6 is 0 Å². The van der Waals surface area contributed by atoms with Gasteiger partial charge in [-0.2, -0.15) is 0 Å². The van der Waals surface area contributed by atoms with E-state index in [-0.39, 0.29) is 17.7 Å². The summed E-state index contributed by atoms with van der Waals surface area (Å²) in [5.41, 5.74) is 4.25. The highest BCUT2D eigenvalue weighted by atomic mass is 32.2. The molecule has 1 aliphatic heterocycles. The maximum Gasteiger partial charge on any atom is 0.160 e. The zero-order valence-corrected chi connectivity index (χ0v) is 18.6. The molecule has 0 radical (unpaired) electrons. The van der Waals surface area contributed by atoms with E-state index in [1.54, 1.807) is 18.2 Å². The molecule has 2 N–H and O–H groups in total. The summed E-state index contributed by atoms with van der Waals surface area (Å²) >= 11 is 0. The Morgan fingerprint density at radius 3 is 2.71 bits per heavy atom. The summed E-state index contributed by atoms with van der Waals surface area (Å²) in [7, 11) is -3.05. The third-order valence-electron chi connectivity index (χ3n) is 5.97. The maximum atomic E-state index is 11.7. The van der Waals surface area contributed by atoms with Crippen molar-refractivity contribution in [3.05, 3.63) is 34.9 Å². The predicted molar refractivity (Wildman–Crippen MR) is 122 cm³/mol. The number of terminal acetylenes is 1. The lowest BCUT2D eigenvalue weighted by Crippen LogP contribution is -2.44. The van der Waals surface area contributed by atoms with Crippen molar-refractivity contribution in [3.8, 4) is 29.4 Å². The molecular formula is C23H28N4O3S. The molecule has 0 saturated carbocycles. The molecular weight excluding hydrogens is 412 g/mol. The smallest absolute Gasteiger partial charge is 0.160 e. The second-order valence-electron chi connectivity index (χ2n) is 8.55. The molecule has 4 rings (SSSR count). The number of fused-ring (bicyclic) bond motifs is 1. The van der Waals surface area contributed by atoms with Crippen LogP contribution in [0.2, 0.25) is 0 Å². The van der Waals surface area contributed by atoms with Crippen LogP contribution in [-0.2, 0) is 22.7 Å². The minimum atomic E-state index is -3.05. The fourth-order valence-corrected chi connectivity index (χ4v) is 5.52. The summed E-state index contributed by atoms with van der Waals surface area (Å²) in [6.45, 7) is 1.46. The van der Waals surface area contributed by atoms with Crippen molar-refractivity contribution >= 4 is 15.7 Å². The van der Waals surface area contributed by atoms with E-state index in [4.69, 9.17) is 6.42 Å². The molecule has 2 heterocycles. The van der Waals surface area contributed by atoms with Gasteiger partial charge in [0.15, 0.2) is 15.7 Å². The van der Waals surface area contributed by atoms with E-state index in [1.807, 2.05) is 4.90 Å². The van der Waals surface area contributed by atoms with Crippen LogP contribution in [0, 0.1) is 12.3 Å². The molecule has 1 aliphatic carbocycles. The lowest BCUT2D eigenvalue weighted by Gasteiger charge is -2.33. The van der Waals surface area contributed by atoms with Crippen molar-refractivity contribution in [2.75, 3.05) is 30.5 Å². The van der Waals surface area contributed by atoms with Gasteiger partial charge in [0, 0.05) is 35.5 Å². The quantitative estimate of drug-likeness (QED) is 0.690. The summed E-state index contributed by atoms with van der Waals surface area (Å²) in [6, 6.07) is 5.32. The number of benzene rings is 1. The molecule has 1 aromatic carbocycles. The molecule has 0 amide bonds. The van der Waals surface area contributed by atoms with Crippen molar-refractivity contribution in [2.24, 2.45) is 0 Å². The average molecular weight is 441 g/mol. The van der Waals surface area contributed by atoms with E-state index in [1.165, 1.54) is 6.26 Å². The number of rotatable bonds is 5. The van der Waals surface area contributed by atoms with Crippen molar-refractivity contribution in [2.45, 2.75) is 44.6 Å². The molecule has 8 heteroatoms. The number of nitrogens with zero attached hydrogens (tertiary/aromatic N) is 3. The maximum absolute atomic E-state index is 11.7. The standard InChI is InChI=1S/C23H28N4O3S/c1-3-16-10-11-20(21(28)13-16)22-18-8-4-5-9-19(18)23(26-25-22)24-17-7-6-12-27(14-17)15-31(2,29)30/h1,10-11,13,17,28H,4-9,12,14-15H2,2H3,(H,24,26)/t17-/m1/s1. The molecule has 164 valence electrons. The predicted octanol–water partition coefficient (Wildman–Crippen LogP) is 2.59. The molecule has 2 aliphatic rings. The fraction of sp³-hybridized carbons (Fsp3) is 0.478. The largest absolute Gasteiger partial charge is 0.507 e. The van der Waals surface area contributed by atoms with Gasteiger partial charge in [-0.3, -0.25) is 4.90 Å². The van der Waals surface area contributed by atoms with Crippen LogP contribution in [-0.4, -0.2) is 59.9 Å². The van der Waals surface area contributed by atoms with Crippen molar-refractivity contribution in [3.63, 3.8) is 0 Å². The van der Waals surface area contributed by atoms with Crippen LogP contribution in [0.4, 0.5) is 5.82 Å².